The fourth-order valence-electron chi connectivity index (χ4n) is 2.75. The normalized spacial score (nSPS) is 18.8. The van der Waals surface area contributed by atoms with Gasteiger partial charge in [0, 0.05) is 34.9 Å². The lowest BCUT2D eigenvalue weighted by Crippen LogP contribution is -2.19. The van der Waals surface area contributed by atoms with Crippen molar-refractivity contribution in [3.05, 3.63) is 58.6 Å². The maximum absolute atomic E-state index is 5.87. The van der Waals surface area contributed by atoms with Gasteiger partial charge in [-0.1, -0.05) is 34.1 Å². The number of nitrogens with zero attached hydrogens (tertiary/aromatic N) is 1. The number of nitrogens with two attached hydrogens (primary N) is 1. The first kappa shape index (κ1) is 12.5. The third-order valence-corrected chi connectivity index (χ3v) is 4.24. The molecule has 3 rings (SSSR count). The van der Waals surface area contributed by atoms with Gasteiger partial charge in [0.15, 0.2) is 0 Å². The molecule has 2 nitrogen and oxygen atoms in total. The Balaban J connectivity index is 1.77. The number of halogens is 1. The fourth-order valence-corrected chi connectivity index (χ4v) is 3.14. The first-order valence-electron chi connectivity index (χ1n) is 6.58. The Bertz CT molecular complexity index is 531. The molecular formula is C16H17BrN2. The summed E-state index contributed by atoms with van der Waals surface area (Å²) in [6.45, 7) is 2.18. The third-order valence-electron chi connectivity index (χ3n) is 3.74. The number of hydrogen-bond donors (Lipinski definition) is 1. The fraction of sp³-hybridized carbons (Fsp3) is 0.250. The SMILES string of the molecule is Nc1cccc(C2CCN(c3cccc(Br)c3)C2)c1. The zero-order chi connectivity index (χ0) is 13.2. The van der Waals surface area contributed by atoms with Gasteiger partial charge in [-0.15, -0.1) is 0 Å². The highest BCUT2D eigenvalue weighted by Gasteiger charge is 2.24. The van der Waals surface area contributed by atoms with Gasteiger partial charge in [0.2, 0.25) is 0 Å². The van der Waals surface area contributed by atoms with Crippen LogP contribution in [0, 0.1) is 0 Å². The zero-order valence-electron chi connectivity index (χ0n) is 10.7. The van der Waals surface area contributed by atoms with Gasteiger partial charge >= 0.3 is 0 Å². The summed E-state index contributed by atoms with van der Waals surface area (Å²) in [4.78, 5) is 2.44. The summed E-state index contributed by atoms with van der Waals surface area (Å²) in [6, 6.07) is 16.8. The first-order valence-corrected chi connectivity index (χ1v) is 7.37. The maximum Gasteiger partial charge on any atom is 0.0377 e. The molecule has 2 N–H and O–H groups in total. The second kappa shape index (κ2) is 5.25. The van der Waals surface area contributed by atoms with Crippen molar-refractivity contribution < 1.29 is 0 Å². The van der Waals surface area contributed by atoms with E-state index in [1.807, 2.05) is 12.1 Å². The predicted octanol–water partition coefficient (Wildman–Crippen LogP) is 4.03. The summed E-state index contributed by atoms with van der Waals surface area (Å²) < 4.78 is 1.14. The van der Waals surface area contributed by atoms with E-state index in [2.05, 4.69) is 57.2 Å². The Morgan fingerprint density at radius 3 is 2.74 bits per heavy atom. The molecular weight excluding hydrogens is 300 g/mol. The number of benzene rings is 2. The smallest absolute Gasteiger partial charge is 0.0377 e. The monoisotopic (exact) mass is 316 g/mol. The average Bonchev–Trinajstić information content (AvgIpc) is 2.88. The van der Waals surface area contributed by atoms with Gasteiger partial charge in [-0.05, 0) is 42.3 Å². The number of hydrogen-bond acceptors (Lipinski definition) is 2. The molecule has 98 valence electrons. The van der Waals surface area contributed by atoms with Gasteiger partial charge in [-0.2, -0.15) is 0 Å². The van der Waals surface area contributed by atoms with Crippen molar-refractivity contribution in [1.29, 1.82) is 0 Å². The molecule has 1 aliphatic rings. The Labute approximate surface area is 122 Å². The lowest BCUT2D eigenvalue weighted by Gasteiger charge is -2.19. The van der Waals surface area contributed by atoms with Crippen LogP contribution in [0.3, 0.4) is 0 Å². The van der Waals surface area contributed by atoms with Crippen LogP contribution in [0.1, 0.15) is 17.9 Å². The van der Waals surface area contributed by atoms with Gasteiger partial charge in [0.1, 0.15) is 0 Å². The first-order chi connectivity index (χ1) is 9.22. The van der Waals surface area contributed by atoms with Gasteiger partial charge < -0.3 is 10.6 Å². The van der Waals surface area contributed by atoms with Crippen LogP contribution < -0.4 is 10.6 Å². The minimum absolute atomic E-state index is 0.586. The Morgan fingerprint density at radius 2 is 1.95 bits per heavy atom. The van der Waals surface area contributed by atoms with E-state index in [1.165, 1.54) is 17.7 Å². The molecule has 0 bridgehead atoms. The van der Waals surface area contributed by atoms with E-state index in [9.17, 15) is 0 Å². The molecule has 1 aliphatic heterocycles. The highest BCUT2D eigenvalue weighted by molar-refractivity contribution is 9.10. The highest BCUT2D eigenvalue weighted by Crippen LogP contribution is 2.32. The lowest BCUT2D eigenvalue weighted by atomic mass is 9.98. The molecule has 2 aromatic rings. The molecule has 3 heteroatoms. The van der Waals surface area contributed by atoms with Crippen LogP contribution >= 0.6 is 15.9 Å². The Hall–Kier alpha value is -1.48. The summed E-state index contributed by atoms with van der Waals surface area (Å²) in [5.41, 5.74) is 9.38. The van der Waals surface area contributed by atoms with Crippen molar-refractivity contribution in [2.24, 2.45) is 0 Å². The van der Waals surface area contributed by atoms with Crippen LogP contribution in [0.5, 0.6) is 0 Å². The topological polar surface area (TPSA) is 29.3 Å². The van der Waals surface area contributed by atoms with Crippen molar-refractivity contribution in [3.63, 3.8) is 0 Å². The molecule has 0 amide bonds. The molecule has 0 saturated carbocycles. The third kappa shape index (κ3) is 2.76. The summed E-state index contributed by atoms with van der Waals surface area (Å²) in [6.07, 6.45) is 1.19. The molecule has 19 heavy (non-hydrogen) atoms. The van der Waals surface area contributed by atoms with Crippen LogP contribution in [-0.4, -0.2) is 13.1 Å². The van der Waals surface area contributed by atoms with Gasteiger partial charge in [0.05, 0.1) is 0 Å². The van der Waals surface area contributed by atoms with Crippen LogP contribution in [0.15, 0.2) is 53.0 Å². The summed E-state index contributed by atoms with van der Waals surface area (Å²) in [5, 5.41) is 0. The van der Waals surface area contributed by atoms with Crippen molar-refractivity contribution >= 4 is 27.3 Å². The number of nitrogen functional groups attached to an aromatic ring is 1. The van der Waals surface area contributed by atoms with Gasteiger partial charge in [-0.3, -0.25) is 0 Å². The van der Waals surface area contributed by atoms with Crippen LogP contribution in [0.4, 0.5) is 11.4 Å². The van der Waals surface area contributed by atoms with E-state index >= 15 is 0 Å². The quantitative estimate of drug-likeness (QED) is 0.848. The largest absolute Gasteiger partial charge is 0.399 e. The van der Waals surface area contributed by atoms with Crippen molar-refractivity contribution in [1.82, 2.24) is 0 Å². The average molecular weight is 317 g/mol. The Morgan fingerprint density at radius 1 is 1.11 bits per heavy atom. The van der Waals surface area contributed by atoms with E-state index in [1.54, 1.807) is 0 Å². The van der Waals surface area contributed by atoms with E-state index in [0.29, 0.717) is 5.92 Å². The van der Waals surface area contributed by atoms with Crippen LogP contribution in [0.2, 0.25) is 0 Å². The van der Waals surface area contributed by atoms with Crippen molar-refractivity contribution in [3.8, 4) is 0 Å². The van der Waals surface area contributed by atoms with E-state index in [4.69, 9.17) is 5.73 Å². The van der Waals surface area contributed by atoms with E-state index < -0.39 is 0 Å². The molecule has 0 spiro atoms. The zero-order valence-corrected chi connectivity index (χ0v) is 12.3. The summed E-state index contributed by atoms with van der Waals surface area (Å²) >= 11 is 3.54. The minimum Gasteiger partial charge on any atom is -0.399 e. The maximum atomic E-state index is 5.87. The summed E-state index contributed by atoms with van der Waals surface area (Å²) in [7, 11) is 0. The van der Waals surface area contributed by atoms with E-state index in [-0.39, 0.29) is 0 Å². The van der Waals surface area contributed by atoms with E-state index in [0.717, 1.165) is 23.2 Å². The molecule has 0 aromatic heterocycles. The molecule has 1 unspecified atom stereocenters. The molecule has 0 radical (unpaired) electrons. The predicted molar refractivity (Wildman–Crippen MR) is 84.6 cm³/mol. The second-order valence-corrected chi connectivity index (χ2v) is 6.00. The number of anilines is 2. The molecule has 1 heterocycles. The van der Waals surface area contributed by atoms with Gasteiger partial charge in [0.25, 0.3) is 0 Å². The lowest BCUT2D eigenvalue weighted by molar-refractivity contribution is 0.775. The Kier molecular flexibility index (Phi) is 3.47. The van der Waals surface area contributed by atoms with Gasteiger partial charge in [-0.25, -0.2) is 0 Å². The second-order valence-electron chi connectivity index (χ2n) is 5.08. The van der Waals surface area contributed by atoms with Crippen molar-refractivity contribution in [2.45, 2.75) is 12.3 Å². The van der Waals surface area contributed by atoms with Crippen LogP contribution in [0.25, 0.3) is 0 Å². The number of rotatable bonds is 2. The molecule has 1 fully saturated rings. The van der Waals surface area contributed by atoms with Crippen LogP contribution in [-0.2, 0) is 0 Å². The molecule has 1 saturated heterocycles. The van der Waals surface area contributed by atoms with Crippen molar-refractivity contribution in [2.75, 3.05) is 23.7 Å². The molecule has 2 aromatic carbocycles. The highest BCUT2D eigenvalue weighted by atomic mass is 79.9. The molecule has 1 atom stereocenters. The minimum atomic E-state index is 0.586. The summed E-state index contributed by atoms with van der Waals surface area (Å²) in [5.74, 6) is 0.586. The molecule has 0 aliphatic carbocycles. The standard InChI is InChI=1S/C16H17BrN2/c17-14-4-2-6-16(10-14)19-8-7-13(11-19)12-3-1-5-15(18)9-12/h1-6,9-10,13H,7-8,11,18H2.